The zero-order chi connectivity index (χ0) is 16.6. The largest absolute Gasteiger partial charge is 0.494 e. The fourth-order valence-electron chi connectivity index (χ4n) is 2.97. The normalized spacial score (nSPS) is 14.1. The maximum Gasteiger partial charge on any atom is 0.128 e. The Morgan fingerprint density at radius 1 is 0.846 bits per heavy atom. The van der Waals surface area contributed by atoms with E-state index in [1.54, 1.807) is 0 Å². The summed E-state index contributed by atoms with van der Waals surface area (Å²) >= 11 is 0. The molecule has 1 heterocycles. The molecule has 0 unspecified atom stereocenters. The molecule has 1 N–H and O–H groups in total. The second-order valence-electron chi connectivity index (χ2n) is 6.06. The van der Waals surface area contributed by atoms with E-state index in [-0.39, 0.29) is 24.8 Å². The number of nitrogens with zero attached hydrogens (tertiary/aromatic N) is 2. The number of rotatable bonds is 6. The van der Waals surface area contributed by atoms with Gasteiger partial charge in [0.15, 0.2) is 0 Å². The Morgan fingerprint density at radius 2 is 1.42 bits per heavy atom. The fourth-order valence-corrected chi connectivity index (χ4v) is 2.97. The van der Waals surface area contributed by atoms with Gasteiger partial charge in [0.1, 0.15) is 11.6 Å². The zero-order valence-electron chi connectivity index (χ0n) is 14.8. The van der Waals surface area contributed by atoms with Gasteiger partial charge in [0.2, 0.25) is 0 Å². The van der Waals surface area contributed by atoms with Crippen molar-refractivity contribution in [3.63, 3.8) is 0 Å². The number of benzene rings is 2. The van der Waals surface area contributed by atoms with Gasteiger partial charge in [0, 0.05) is 38.3 Å². The van der Waals surface area contributed by atoms with Crippen molar-refractivity contribution in [2.24, 2.45) is 0 Å². The van der Waals surface area contributed by atoms with E-state index in [1.807, 2.05) is 60.7 Å². The molecule has 0 spiro atoms. The number of ether oxygens (including phenoxy) is 1. The third kappa shape index (κ3) is 6.52. The minimum absolute atomic E-state index is 0. The number of halogens is 2. The highest BCUT2D eigenvalue weighted by molar-refractivity contribution is 5.96. The van der Waals surface area contributed by atoms with Gasteiger partial charge in [0.25, 0.3) is 0 Å². The van der Waals surface area contributed by atoms with Gasteiger partial charge >= 0.3 is 0 Å². The van der Waals surface area contributed by atoms with Crippen LogP contribution in [0.5, 0.6) is 5.75 Å². The first-order valence-electron chi connectivity index (χ1n) is 8.62. The highest BCUT2D eigenvalue weighted by Crippen LogP contribution is 2.10. The standard InChI is InChI=1S/C20H25N3O.2ClH/c21-20(18-8-3-1-4-9-18)23-15-13-22(14-16-23)12-7-17-24-19-10-5-2-6-11-19;;/h1-6,8-11,21H,7,12-17H2;2*1H. The fraction of sp³-hybridized carbons (Fsp3) is 0.350. The number of amidine groups is 1. The minimum Gasteiger partial charge on any atom is -0.494 e. The second-order valence-corrected chi connectivity index (χ2v) is 6.06. The molecular weight excluding hydrogens is 369 g/mol. The molecule has 2 aromatic rings. The van der Waals surface area contributed by atoms with Crippen LogP contribution in [0, 0.1) is 5.41 Å². The van der Waals surface area contributed by atoms with Gasteiger partial charge in [-0.2, -0.15) is 0 Å². The third-order valence-electron chi connectivity index (χ3n) is 4.37. The van der Waals surface area contributed by atoms with Crippen molar-refractivity contribution in [2.45, 2.75) is 6.42 Å². The van der Waals surface area contributed by atoms with Crippen LogP contribution >= 0.6 is 24.8 Å². The molecule has 3 rings (SSSR count). The maximum absolute atomic E-state index is 8.34. The molecule has 1 aliphatic heterocycles. The van der Waals surface area contributed by atoms with Gasteiger partial charge in [-0.05, 0) is 18.6 Å². The Hall–Kier alpha value is -1.75. The summed E-state index contributed by atoms with van der Waals surface area (Å²) in [5.74, 6) is 1.58. The Labute approximate surface area is 168 Å². The number of nitrogens with one attached hydrogen (secondary N) is 1. The molecule has 2 aromatic carbocycles. The summed E-state index contributed by atoms with van der Waals surface area (Å²) in [5, 5.41) is 8.34. The van der Waals surface area contributed by atoms with E-state index in [0.29, 0.717) is 5.84 Å². The molecule has 1 saturated heterocycles. The van der Waals surface area contributed by atoms with Gasteiger partial charge in [-0.15, -0.1) is 24.8 Å². The third-order valence-corrected chi connectivity index (χ3v) is 4.37. The molecule has 4 nitrogen and oxygen atoms in total. The van der Waals surface area contributed by atoms with E-state index in [4.69, 9.17) is 10.1 Å². The van der Waals surface area contributed by atoms with E-state index < -0.39 is 0 Å². The van der Waals surface area contributed by atoms with Crippen LogP contribution in [0.3, 0.4) is 0 Å². The van der Waals surface area contributed by atoms with Crippen LogP contribution in [0.4, 0.5) is 0 Å². The molecule has 26 heavy (non-hydrogen) atoms. The van der Waals surface area contributed by atoms with Gasteiger partial charge in [-0.3, -0.25) is 10.3 Å². The summed E-state index contributed by atoms with van der Waals surface area (Å²) in [4.78, 5) is 4.63. The van der Waals surface area contributed by atoms with Crippen LogP contribution in [0.1, 0.15) is 12.0 Å². The molecule has 142 valence electrons. The monoisotopic (exact) mass is 395 g/mol. The molecule has 0 saturated carbocycles. The summed E-state index contributed by atoms with van der Waals surface area (Å²) in [6.07, 6.45) is 1.03. The predicted octanol–water partition coefficient (Wildman–Crippen LogP) is 3.94. The van der Waals surface area contributed by atoms with Gasteiger partial charge in [-0.1, -0.05) is 48.5 Å². The van der Waals surface area contributed by atoms with Crippen molar-refractivity contribution in [1.29, 1.82) is 5.41 Å². The van der Waals surface area contributed by atoms with Crippen LogP contribution in [0.15, 0.2) is 60.7 Å². The van der Waals surface area contributed by atoms with Crippen molar-refractivity contribution in [3.05, 3.63) is 66.2 Å². The van der Waals surface area contributed by atoms with Crippen molar-refractivity contribution in [2.75, 3.05) is 39.3 Å². The van der Waals surface area contributed by atoms with Crippen molar-refractivity contribution < 1.29 is 4.74 Å². The number of piperazine rings is 1. The first-order chi connectivity index (χ1) is 11.8. The molecule has 0 bridgehead atoms. The minimum atomic E-state index is 0. The number of para-hydroxylation sites is 1. The predicted molar refractivity (Wildman–Crippen MR) is 112 cm³/mol. The van der Waals surface area contributed by atoms with Gasteiger partial charge < -0.3 is 9.64 Å². The summed E-state index contributed by atoms with van der Waals surface area (Å²) < 4.78 is 5.74. The van der Waals surface area contributed by atoms with E-state index >= 15 is 0 Å². The smallest absolute Gasteiger partial charge is 0.128 e. The molecule has 0 amide bonds. The lowest BCUT2D eigenvalue weighted by Crippen LogP contribution is -2.49. The van der Waals surface area contributed by atoms with Crippen molar-refractivity contribution in [3.8, 4) is 5.75 Å². The van der Waals surface area contributed by atoms with Crippen molar-refractivity contribution >= 4 is 30.6 Å². The lowest BCUT2D eigenvalue weighted by Gasteiger charge is -2.36. The van der Waals surface area contributed by atoms with Crippen LogP contribution in [-0.4, -0.2) is 55.0 Å². The highest BCUT2D eigenvalue weighted by atomic mass is 35.5. The molecule has 1 fully saturated rings. The summed E-state index contributed by atoms with van der Waals surface area (Å²) in [6.45, 7) is 5.69. The second kappa shape index (κ2) is 11.8. The van der Waals surface area contributed by atoms with Crippen LogP contribution in [-0.2, 0) is 0 Å². The summed E-state index contributed by atoms with van der Waals surface area (Å²) in [5.41, 5.74) is 1.00. The topological polar surface area (TPSA) is 39.6 Å². The zero-order valence-corrected chi connectivity index (χ0v) is 16.5. The van der Waals surface area contributed by atoms with E-state index in [2.05, 4.69) is 9.80 Å². The molecule has 0 aromatic heterocycles. The molecule has 0 aliphatic carbocycles. The molecule has 0 radical (unpaired) electrons. The molecule has 6 heteroatoms. The summed E-state index contributed by atoms with van der Waals surface area (Å²) in [7, 11) is 0. The number of hydrogen-bond acceptors (Lipinski definition) is 3. The SMILES string of the molecule is Cl.Cl.N=C(c1ccccc1)N1CCN(CCCOc2ccccc2)CC1. The highest BCUT2D eigenvalue weighted by Gasteiger charge is 2.19. The average Bonchev–Trinajstić information content (AvgIpc) is 2.67. The van der Waals surface area contributed by atoms with E-state index in [1.165, 1.54) is 0 Å². The number of hydrogen-bond donors (Lipinski definition) is 1. The quantitative estimate of drug-likeness (QED) is 0.457. The Bertz CT molecular complexity index is 632. The average molecular weight is 396 g/mol. The van der Waals surface area contributed by atoms with Crippen LogP contribution < -0.4 is 4.74 Å². The van der Waals surface area contributed by atoms with E-state index in [0.717, 1.165) is 57.1 Å². The van der Waals surface area contributed by atoms with Gasteiger partial charge in [-0.25, -0.2) is 0 Å². The van der Waals surface area contributed by atoms with E-state index in [9.17, 15) is 0 Å². The molecule has 1 aliphatic rings. The lowest BCUT2D eigenvalue weighted by atomic mass is 10.1. The Kier molecular flexibility index (Phi) is 10.1. The van der Waals surface area contributed by atoms with Crippen molar-refractivity contribution in [1.82, 2.24) is 9.80 Å². The summed E-state index contributed by atoms with van der Waals surface area (Å²) in [6, 6.07) is 20.0. The Balaban J connectivity index is 0.00000169. The lowest BCUT2D eigenvalue weighted by molar-refractivity contribution is 0.169. The molecular formula is C20H27Cl2N3O. The van der Waals surface area contributed by atoms with Crippen LogP contribution in [0.2, 0.25) is 0 Å². The Morgan fingerprint density at radius 3 is 2.04 bits per heavy atom. The van der Waals surface area contributed by atoms with Crippen LogP contribution in [0.25, 0.3) is 0 Å². The first kappa shape index (κ1) is 22.3. The molecule has 0 atom stereocenters. The maximum atomic E-state index is 8.34. The first-order valence-corrected chi connectivity index (χ1v) is 8.62. The van der Waals surface area contributed by atoms with Gasteiger partial charge in [0.05, 0.1) is 6.61 Å².